The summed E-state index contributed by atoms with van der Waals surface area (Å²) in [5, 5.41) is 23.3. The first-order valence-corrected chi connectivity index (χ1v) is 12.3. The van der Waals surface area contributed by atoms with E-state index < -0.39 is 11.8 Å². The number of ether oxygens (including phenoxy) is 5. The molecule has 0 radical (unpaired) electrons. The zero-order valence-corrected chi connectivity index (χ0v) is 20.9. The molecule has 3 aromatic carbocycles. The van der Waals surface area contributed by atoms with Crippen LogP contribution >= 0.6 is 0 Å². The van der Waals surface area contributed by atoms with E-state index in [-0.39, 0.29) is 48.6 Å². The number of rotatable bonds is 6. The molecule has 194 valence electrons. The molecule has 2 N–H and O–H groups in total. The first-order valence-electron chi connectivity index (χ1n) is 12.3. The van der Waals surface area contributed by atoms with E-state index in [9.17, 15) is 9.90 Å². The highest BCUT2D eigenvalue weighted by molar-refractivity contribution is 5.79. The standard InChI is InChI=1S/C29H26N2O7/c1-34-23-7-17(8-24(35-2)28(23)32)25-18-9-21-22(38-14-37-21)10-19(18)27(20-13-36-29(33)26(20)25)31-12-16-5-3-15(11-30)4-6-16/h3-10,20,25-27,31-32H,12-14H2,1-2H3/t20-,25+,26-,27+/m0/s1. The van der Waals surface area contributed by atoms with Crippen molar-refractivity contribution in [2.45, 2.75) is 18.5 Å². The van der Waals surface area contributed by atoms with Gasteiger partial charge in [0.2, 0.25) is 12.5 Å². The molecule has 0 saturated carbocycles. The van der Waals surface area contributed by atoms with Crippen LogP contribution in [0.25, 0.3) is 0 Å². The van der Waals surface area contributed by atoms with Crippen LogP contribution in [0.4, 0.5) is 0 Å². The van der Waals surface area contributed by atoms with E-state index in [4.69, 9.17) is 28.9 Å². The monoisotopic (exact) mass is 514 g/mol. The SMILES string of the molecule is COc1cc([C@@H]2c3cc4c(cc3[C@@H](NCc3ccc(C#N)cc3)[C@H]3COC(=O)[C@H]23)OCO4)cc(OC)c1O. The molecule has 3 aliphatic rings. The number of phenols is 1. The summed E-state index contributed by atoms with van der Waals surface area (Å²) in [5.41, 5.74) is 4.26. The highest BCUT2D eigenvalue weighted by Gasteiger charge is 2.52. The van der Waals surface area contributed by atoms with E-state index in [0.29, 0.717) is 23.6 Å². The molecule has 9 heteroatoms. The zero-order chi connectivity index (χ0) is 26.4. The number of fused-ring (bicyclic) bond motifs is 3. The predicted molar refractivity (Wildman–Crippen MR) is 134 cm³/mol. The van der Waals surface area contributed by atoms with Crippen molar-refractivity contribution in [3.63, 3.8) is 0 Å². The molecule has 0 unspecified atom stereocenters. The molecule has 1 saturated heterocycles. The predicted octanol–water partition coefficient (Wildman–Crippen LogP) is 3.78. The molecular weight excluding hydrogens is 488 g/mol. The van der Waals surface area contributed by atoms with Crippen LogP contribution in [-0.2, 0) is 16.1 Å². The van der Waals surface area contributed by atoms with Crippen LogP contribution in [0, 0.1) is 23.2 Å². The van der Waals surface area contributed by atoms with Crippen LogP contribution in [0.2, 0.25) is 0 Å². The summed E-state index contributed by atoms with van der Waals surface area (Å²) in [5.74, 6) is 0.351. The van der Waals surface area contributed by atoms with Gasteiger partial charge in [0, 0.05) is 24.4 Å². The van der Waals surface area contributed by atoms with Gasteiger partial charge in [-0.25, -0.2) is 0 Å². The van der Waals surface area contributed by atoms with Crippen molar-refractivity contribution < 1.29 is 33.6 Å². The first-order chi connectivity index (χ1) is 18.5. The number of benzene rings is 3. The van der Waals surface area contributed by atoms with Crippen molar-refractivity contribution in [3.05, 3.63) is 76.3 Å². The minimum absolute atomic E-state index is 0.104. The van der Waals surface area contributed by atoms with E-state index in [0.717, 1.165) is 22.3 Å². The Morgan fingerprint density at radius 3 is 2.29 bits per heavy atom. The molecule has 4 atom stereocenters. The van der Waals surface area contributed by atoms with Crippen molar-refractivity contribution in [2.24, 2.45) is 11.8 Å². The number of aromatic hydroxyl groups is 1. The van der Waals surface area contributed by atoms with Gasteiger partial charge in [-0.3, -0.25) is 4.79 Å². The molecule has 38 heavy (non-hydrogen) atoms. The molecule has 1 aliphatic carbocycles. The average molecular weight is 515 g/mol. The minimum Gasteiger partial charge on any atom is -0.502 e. The maximum Gasteiger partial charge on any atom is 0.310 e. The van der Waals surface area contributed by atoms with E-state index in [2.05, 4.69) is 11.4 Å². The van der Waals surface area contributed by atoms with E-state index >= 15 is 0 Å². The maximum absolute atomic E-state index is 13.3. The summed E-state index contributed by atoms with van der Waals surface area (Å²) < 4.78 is 27.9. The summed E-state index contributed by atoms with van der Waals surface area (Å²) >= 11 is 0. The molecule has 1 fully saturated rings. The van der Waals surface area contributed by atoms with Gasteiger partial charge in [-0.1, -0.05) is 12.1 Å². The molecule has 0 amide bonds. The fraction of sp³-hybridized carbons (Fsp3) is 0.310. The molecular formula is C29H26N2O7. The summed E-state index contributed by atoms with van der Waals surface area (Å²) in [6, 6.07) is 16.7. The first kappa shape index (κ1) is 23.9. The second kappa shape index (κ2) is 9.47. The van der Waals surface area contributed by atoms with Gasteiger partial charge in [-0.15, -0.1) is 0 Å². The normalized spacial score (nSPS) is 22.7. The topological polar surface area (TPSA) is 119 Å². The number of cyclic esters (lactones) is 1. The van der Waals surface area contributed by atoms with Crippen molar-refractivity contribution in [2.75, 3.05) is 27.6 Å². The number of carbonyl (C=O) groups is 1. The summed E-state index contributed by atoms with van der Waals surface area (Å²) in [6.07, 6.45) is 0. The Hall–Kier alpha value is -4.42. The van der Waals surface area contributed by atoms with Crippen LogP contribution in [0.5, 0.6) is 28.7 Å². The van der Waals surface area contributed by atoms with Crippen molar-refractivity contribution in [1.29, 1.82) is 5.26 Å². The number of hydrogen-bond acceptors (Lipinski definition) is 9. The maximum atomic E-state index is 13.3. The minimum atomic E-state index is -0.486. The molecule has 0 bridgehead atoms. The lowest BCUT2D eigenvalue weighted by molar-refractivity contribution is -0.141. The summed E-state index contributed by atoms with van der Waals surface area (Å²) in [6.45, 7) is 0.931. The lowest BCUT2D eigenvalue weighted by Gasteiger charge is -2.39. The fourth-order valence-electron chi connectivity index (χ4n) is 5.84. The van der Waals surface area contributed by atoms with Gasteiger partial charge in [0.15, 0.2) is 23.0 Å². The lowest BCUT2D eigenvalue weighted by Crippen LogP contribution is -2.40. The molecule has 3 aromatic rings. The van der Waals surface area contributed by atoms with Gasteiger partial charge < -0.3 is 34.1 Å². The number of nitrogens with one attached hydrogen (secondary N) is 1. The number of phenolic OH excluding ortho intramolecular Hbond substituents is 1. The number of nitrogens with zero attached hydrogens (tertiary/aromatic N) is 1. The van der Waals surface area contributed by atoms with Crippen LogP contribution in [0.15, 0.2) is 48.5 Å². The number of carbonyl (C=O) groups excluding carboxylic acids is 1. The molecule has 2 heterocycles. The second-order valence-corrected chi connectivity index (χ2v) is 9.57. The van der Waals surface area contributed by atoms with Gasteiger partial charge in [0.05, 0.1) is 38.4 Å². The number of hydrogen-bond donors (Lipinski definition) is 2. The van der Waals surface area contributed by atoms with Gasteiger partial charge in [-0.2, -0.15) is 5.26 Å². The lowest BCUT2D eigenvalue weighted by atomic mass is 9.65. The molecule has 2 aliphatic heterocycles. The van der Waals surface area contributed by atoms with Crippen LogP contribution in [-0.4, -0.2) is 38.7 Å². The number of esters is 1. The Balaban J connectivity index is 1.47. The third kappa shape index (κ3) is 3.85. The smallest absolute Gasteiger partial charge is 0.310 e. The Morgan fingerprint density at radius 1 is 1.00 bits per heavy atom. The van der Waals surface area contributed by atoms with Gasteiger partial charge >= 0.3 is 5.97 Å². The molecule has 0 aromatic heterocycles. The van der Waals surface area contributed by atoms with Crippen molar-refractivity contribution >= 4 is 5.97 Å². The quantitative estimate of drug-likeness (QED) is 0.474. The largest absolute Gasteiger partial charge is 0.502 e. The van der Waals surface area contributed by atoms with E-state index in [1.54, 1.807) is 24.3 Å². The second-order valence-electron chi connectivity index (χ2n) is 9.57. The number of methoxy groups -OCH3 is 2. The summed E-state index contributed by atoms with van der Waals surface area (Å²) in [4.78, 5) is 13.3. The summed E-state index contributed by atoms with van der Waals surface area (Å²) in [7, 11) is 2.95. The highest BCUT2D eigenvalue weighted by Crippen LogP contribution is 2.55. The fourth-order valence-corrected chi connectivity index (χ4v) is 5.84. The highest BCUT2D eigenvalue weighted by atomic mass is 16.7. The van der Waals surface area contributed by atoms with Gasteiger partial charge in [-0.05, 0) is 58.7 Å². The molecule has 0 spiro atoms. The Kier molecular flexibility index (Phi) is 5.97. The van der Waals surface area contributed by atoms with E-state index in [1.807, 2.05) is 24.3 Å². The Labute approximate surface area is 219 Å². The van der Waals surface area contributed by atoms with Gasteiger partial charge in [0.1, 0.15) is 0 Å². The van der Waals surface area contributed by atoms with Gasteiger partial charge in [0.25, 0.3) is 0 Å². The van der Waals surface area contributed by atoms with E-state index in [1.165, 1.54) is 14.2 Å². The van der Waals surface area contributed by atoms with Crippen LogP contribution < -0.4 is 24.3 Å². The number of nitriles is 1. The Morgan fingerprint density at radius 2 is 1.66 bits per heavy atom. The Bertz CT molecular complexity index is 1420. The third-order valence-electron chi connectivity index (χ3n) is 7.66. The average Bonchev–Trinajstić information content (AvgIpc) is 3.56. The van der Waals surface area contributed by atoms with Crippen LogP contribution in [0.1, 0.15) is 39.8 Å². The van der Waals surface area contributed by atoms with Crippen molar-refractivity contribution in [3.8, 4) is 34.8 Å². The van der Waals surface area contributed by atoms with Crippen LogP contribution in [0.3, 0.4) is 0 Å². The third-order valence-corrected chi connectivity index (χ3v) is 7.66. The molecule has 9 nitrogen and oxygen atoms in total. The molecule has 6 rings (SSSR count). The zero-order valence-electron chi connectivity index (χ0n) is 20.9. The van der Waals surface area contributed by atoms with Crippen molar-refractivity contribution in [1.82, 2.24) is 5.32 Å².